The highest BCUT2D eigenvalue weighted by atomic mass is 16.5. The van der Waals surface area contributed by atoms with Gasteiger partial charge in [0.1, 0.15) is 11.5 Å². The fourth-order valence-corrected chi connectivity index (χ4v) is 3.21. The van der Waals surface area contributed by atoms with Crippen LogP contribution in [0, 0.1) is 0 Å². The van der Waals surface area contributed by atoms with Crippen molar-refractivity contribution in [2.75, 3.05) is 13.1 Å². The Morgan fingerprint density at radius 3 is 2.71 bits per heavy atom. The van der Waals surface area contributed by atoms with Gasteiger partial charge >= 0.3 is 0 Å². The topological polar surface area (TPSA) is 32.7 Å². The number of aliphatic hydroxyl groups is 1. The molecule has 1 saturated heterocycles. The van der Waals surface area contributed by atoms with Crippen molar-refractivity contribution in [3.05, 3.63) is 41.7 Å². The summed E-state index contributed by atoms with van der Waals surface area (Å²) in [6.45, 7) is 6.05. The molecule has 1 aromatic rings. The Kier molecular flexibility index (Phi) is 4.05. The zero-order valence-electron chi connectivity index (χ0n) is 13.0. The van der Waals surface area contributed by atoms with Gasteiger partial charge in [0.25, 0.3) is 0 Å². The lowest BCUT2D eigenvalue weighted by Crippen LogP contribution is -2.34. The van der Waals surface area contributed by atoms with Crippen molar-refractivity contribution in [1.82, 2.24) is 4.90 Å². The summed E-state index contributed by atoms with van der Waals surface area (Å²) in [5, 5.41) is 10.4. The normalized spacial score (nSPS) is 27.2. The van der Waals surface area contributed by atoms with Crippen molar-refractivity contribution in [3.8, 4) is 5.75 Å². The zero-order chi connectivity index (χ0) is 14.9. The molecule has 1 fully saturated rings. The molecule has 3 heteroatoms. The van der Waals surface area contributed by atoms with Gasteiger partial charge in [-0.25, -0.2) is 0 Å². The van der Waals surface area contributed by atoms with Gasteiger partial charge in [0.15, 0.2) is 0 Å². The SMILES string of the molecule is CCC(C)(O)/C=C1/Oc2ccccc2C1N1CCCCC1. The lowest BCUT2D eigenvalue weighted by Gasteiger charge is -2.32. The van der Waals surface area contributed by atoms with Gasteiger partial charge in [-0.05, 0) is 51.4 Å². The van der Waals surface area contributed by atoms with Crippen molar-refractivity contribution in [2.45, 2.75) is 51.2 Å². The highest BCUT2D eigenvalue weighted by Gasteiger charge is 2.36. The number of rotatable bonds is 3. The third-order valence-electron chi connectivity index (χ3n) is 4.64. The van der Waals surface area contributed by atoms with Crippen molar-refractivity contribution >= 4 is 0 Å². The van der Waals surface area contributed by atoms with Crippen molar-refractivity contribution in [1.29, 1.82) is 0 Å². The number of likely N-dealkylation sites (tertiary alicyclic amines) is 1. The van der Waals surface area contributed by atoms with Gasteiger partial charge in [-0.1, -0.05) is 31.5 Å². The average Bonchev–Trinajstić information content (AvgIpc) is 2.85. The van der Waals surface area contributed by atoms with Gasteiger partial charge in [-0.2, -0.15) is 0 Å². The Bertz CT molecular complexity index is 530. The molecule has 2 aliphatic rings. The van der Waals surface area contributed by atoms with Gasteiger partial charge in [-0.15, -0.1) is 0 Å². The highest BCUT2D eigenvalue weighted by Crippen LogP contribution is 2.44. The highest BCUT2D eigenvalue weighted by molar-refractivity contribution is 5.46. The minimum atomic E-state index is -0.814. The van der Waals surface area contributed by atoms with Crippen molar-refractivity contribution in [2.24, 2.45) is 0 Å². The summed E-state index contributed by atoms with van der Waals surface area (Å²) < 4.78 is 6.07. The molecule has 2 unspecified atom stereocenters. The first-order chi connectivity index (χ1) is 10.1. The summed E-state index contributed by atoms with van der Waals surface area (Å²) in [4.78, 5) is 2.49. The van der Waals surface area contributed by atoms with Crippen LogP contribution in [0.1, 0.15) is 51.1 Å². The van der Waals surface area contributed by atoms with Gasteiger partial charge in [-0.3, -0.25) is 4.90 Å². The molecule has 2 atom stereocenters. The average molecular weight is 287 g/mol. The van der Waals surface area contributed by atoms with Gasteiger partial charge in [0.05, 0.1) is 11.6 Å². The number of fused-ring (bicyclic) bond motifs is 1. The minimum Gasteiger partial charge on any atom is -0.460 e. The van der Waals surface area contributed by atoms with E-state index in [1.165, 1.54) is 24.8 Å². The molecule has 3 rings (SSSR count). The number of ether oxygens (including phenoxy) is 1. The van der Waals surface area contributed by atoms with Gasteiger partial charge in [0.2, 0.25) is 0 Å². The molecule has 0 aromatic heterocycles. The first-order valence-corrected chi connectivity index (χ1v) is 8.07. The largest absolute Gasteiger partial charge is 0.460 e. The molecular weight excluding hydrogens is 262 g/mol. The van der Waals surface area contributed by atoms with E-state index in [2.05, 4.69) is 17.0 Å². The Labute approximate surface area is 127 Å². The van der Waals surface area contributed by atoms with Gasteiger partial charge in [0, 0.05) is 5.56 Å². The first-order valence-electron chi connectivity index (χ1n) is 8.07. The summed E-state index contributed by atoms with van der Waals surface area (Å²) in [7, 11) is 0. The maximum absolute atomic E-state index is 10.4. The summed E-state index contributed by atoms with van der Waals surface area (Å²) in [6.07, 6.45) is 6.40. The molecule has 1 aromatic carbocycles. The summed E-state index contributed by atoms with van der Waals surface area (Å²) in [6, 6.07) is 8.41. The molecule has 114 valence electrons. The molecule has 3 nitrogen and oxygen atoms in total. The third kappa shape index (κ3) is 2.99. The van der Waals surface area contributed by atoms with E-state index in [1.54, 1.807) is 0 Å². The second-order valence-electron chi connectivity index (χ2n) is 6.40. The molecule has 2 heterocycles. The van der Waals surface area contributed by atoms with Gasteiger partial charge < -0.3 is 9.84 Å². The number of nitrogens with zero attached hydrogens (tertiary/aromatic N) is 1. The molecule has 0 bridgehead atoms. The van der Waals surface area contributed by atoms with E-state index in [4.69, 9.17) is 4.74 Å². The molecular formula is C18H25NO2. The fraction of sp³-hybridized carbons (Fsp3) is 0.556. The number of benzene rings is 1. The number of para-hydroxylation sites is 1. The molecule has 0 radical (unpaired) electrons. The van der Waals surface area contributed by atoms with Crippen LogP contribution in [-0.2, 0) is 0 Å². The predicted molar refractivity (Wildman–Crippen MR) is 84.2 cm³/mol. The quantitative estimate of drug-likeness (QED) is 0.921. The second kappa shape index (κ2) is 5.82. The third-order valence-corrected chi connectivity index (χ3v) is 4.64. The fourth-order valence-electron chi connectivity index (χ4n) is 3.21. The summed E-state index contributed by atoms with van der Waals surface area (Å²) in [5.74, 6) is 1.83. The standard InChI is InChI=1S/C18H25NO2/c1-3-18(2,20)13-16-17(19-11-7-4-8-12-19)14-9-5-6-10-15(14)21-16/h5-6,9-10,13,17,20H,3-4,7-8,11-12H2,1-2H3/b16-13+. The molecule has 0 amide bonds. The van der Waals surface area contributed by atoms with Crippen LogP contribution in [0.3, 0.4) is 0 Å². The minimum absolute atomic E-state index is 0.166. The zero-order valence-corrected chi connectivity index (χ0v) is 13.0. The lowest BCUT2D eigenvalue weighted by atomic mass is 9.97. The predicted octanol–water partition coefficient (Wildman–Crippen LogP) is 3.65. The van der Waals surface area contributed by atoms with Crippen LogP contribution in [0.2, 0.25) is 0 Å². The van der Waals surface area contributed by atoms with E-state index in [-0.39, 0.29) is 6.04 Å². The van der Waals surface area contributed by atoms with E-state index in [0.717, 1.165) is 24.6 Å². The number of hydrogen-bond acceptors (Lipinski definition) is 3. The van der Waals surface area contributed by atoms with Crippen LogP contribution in [0.25, 0.3) is 0 Å². The van der Waals surface area contributed by atoms with E-state index >= 15 is 0 Å². The monoisotopic (exact) mass is 287 g/mol. The van der Waals surface area contributed by atoms with Crippen LogP contribution >= 0.6 is 0 Å². The maximum atomic E-state index is 10.4. The molecule has 21 heavy (non-hydrogen) atoms. The Hall–Kier alpha value is -1.32. The lowest BCUT2D eigenvalue weighted by molar-refractivity contribution is 0.0994. The smallest absolute Gasteiger partial charge is 0.132 e. The van der Waals surface area contributed by atoms with Crippen LogP contribution in [0.15, 0.2) is 36.1 Å². The van der Waals surface area contributed by atoms with E-state index in [9.17, 15) is 5.11 Å². The van der Waals surface area contributed by atoms with Crippen LogP contribution in [-0.4, -0.2) is 28.7 Å². The second-order valence-corrected chi connectivity index (χ2v) is 6.40. The number of piperidine rings is 1. The van der Waals surface area contributed by atoms with Crippen molar-refractivity contribution < 1.29 is 9.84 Å². The van der Waals surface area contributed by atoms with E-state index in [0.29, 0.717) is 6.42 Å². The Morgan fingerprint density at radius 2 is 2.00 bits per heavy atom. The molecule has 0 spiro atoms. The van der Waals surface area contributed by atoms with Crippen molar-refractivity contribution in [3.63, 3.8) is 0 Å². The number of hydrogen-bond donors (Lipinski definition) is 1. The Balaban J connectivity index is 1.96. The van der Waals surface area contributed by atoms with E-state index in [1.807, 2.05) is 32.1 Å². The molecule has 0 saturated carbocycles. The molecule has 2 aliphatic heterocycles. The van der Waals surface area contributed by atoms with Crippen LogP contribution in [0.4, 0.5) is 0 Å². The summed E-state index contributed by atoms with van der Waals surface area (Å²) >= 11 is 0. The molecule has 1 N–H and O–H groups in total. The molecule has 0 aliphatic carbocycles. The van der Waals surface area contributed by atoms with Crippen LogP contribution < -0.4 is 4.74 Å². The Morgan fingerprint density at radius 1 is 1.29 bits per heavy atom. The maximum Gasteiger partial charge on any atom is 0.132 e. The summed E-state index contributed by atoms with van der Waals surface area (Å²) in [5.41, 5.74) is 0.420. The first kappa shape index (κ1) is 14.6. The van der Waals surface area contributed by atoms with Crippen LogP contribution in [0.5, 0.6) is 5.75 Å². The van der Waals surface area contributed by atoms with E-state index < -0.39 is 5.60 Å².